The molecule has 4 aromatic heterocycles. The highest BCUT2D eigenvalue weighted by Gasteiger charge is 2.19. The lowest BCUT2D eigenvalue weighted by Crippen LogP contribution is -1.95. The van der Waals surface area contributed by atoms with Gasteiger partial charge in [0.1, 0.15) is 6.33 Å². The van der Waals surface area contributed by atoms with Gasteiger partial charge in [0.05, 0.1) is 20.8 Å². The minimum absolute atomic E-state index is 0.351. The number of carbonyl (C=O) groups is 1. The molecule has 4 heterocycles. The highest BCUT2D eigenvalue weighted by atomic mass is 32.1. The Morgan fingerprint density at radius 3 is 2.91 bits per heavy atom. The predicted octanol–water partition coefficient (Wildman–Crippen LogP) is 4.18. The van der Waals surface area contributed by atoms with E-state index in [0.717, 1.165) is 43.8 Å². The molecule has 0 aromatic carbocycles. The number of pyridine rings is 1. The zero-order valence-electron chi connectivity index (χ0n) is 13.1. The summed E-state index contributed by atoms with van der Waals surface area (Å²) in [6.45, 7) is 6.39. The average Bonchev–Trinajstić information content (AvgIpc) is 3.19. The lowest BCUT2D eigenvalue weighted by Gasteiger charge is -2.09. The normalized spacial score (nSPS) is 11.8. The Morgan fingerprint density at radius 1 is 1.35 bits per heavy atom. The number of aldehydes is 1. The zero-order chi connectivity index (χ0) is 16.1. The molecule has 0 atom stereocenters. The summed E-state index contributed by atoms with van der Waals surface area (Å²) >= 11 is 1.54. The van der Waals surface area contributed by atoms with Crippen molar-refractivity contribution < 1.29 is 4.79 Å². The van der Waals surface area contributed by atoms with Gasteiger partial charge in [-0.3, -0.25) is 4.79 Å². The van der Waals surface area contributed by atoms with Crippen LogP contribution in [0.25, 0.3) is 27.1 Å². The number of fused-ring (bicyclic) bond motifs is 2. The molecule has 0 unspecified atom stereocenters. The maximum atomic E-state index is 11.0. The fraction of sp³-hybridized carbons (Fsp3) is 0.235. The Bertz CT molecular complexity index is 1040. The fourth-order valence-electron chi connectivity index (χ4n) is 3.09. The third kappa shape index (κ3) is 2.09. The van der Waals surface area contributed by atoms with Crippen LogP contribution in [0, 0.1) is 6.92 Å². The van der Waals surface area contributed by atoms with Gasteiger partial charge in [0.2, 0.25) is 0 Å². The topological polar surface area (TPSA) is 63.0 Å². The van der Waals surface area contributed by atoms with Gasteiger partial charge in [-0.25, -0.2) is 9.50 Å². The molecule has 6 heteroatoms. The van der Waals surface area contributed by atoms with Gasteiger partial charge in [0, 0.05) is 11.8 Å². The van der Waals surface area contributed by atoms with E-state index in [4.69, 9.17) is 0 Å². The molecule has 0 aliphatic carbocycles. The van der Waals surface area contributed by atoms with E-state index in [9.17, 15) is 4.79 Å². The largest absolute Gasteiger partial charge is 0.354 e. The van der Waals surface area contributed by atoms with E-state index in [1.807, 2.05) is 19.2 Å². The predicted molar refractivity (Wildman–Crippen MR) is 92.4 cm³/mol. The molecule has 0 saturated carbocycles. The first-order valence-corrected chi connectivity index (χ1v) is 8.31. The molecule has 0 fully saturated rings. The van der Waals surface area contributed by atoms with Crippen molar-refractivity contribution in [2.24, 2.45) is 0 Å². The van der Waals surface area contributed by atoms with Crippen LogP contribution in [0.3, 0.4) is 0 Å². The molecule has 0 saturated heterocycles. The Balaban J connectivity index is 2.00. The van der Waals surface area contributed by atoms with Crippen molar-refractivity contribution in [2.45, 2.75) is 26.7 Å². The molecule has 1 N–H and O–H groups in total. The highest BCUT2D eigenvalue weighted by molar-refractivity contribution is 7.20. The molecule has 0 amide bonds. The number of aryl methyl sites for hydroxylation is 1. The van der Waals surface area contributed by atoms with Crippen molar-refractivity contribution in [2.75, 3.05) is 0 Å². The van der Waals surface area contributed by atoms with Gasteiger partial charge in [-0.2, -0.15) is 5.10 Å². The third-order valence-corrected chi connectivity index (χ3v) is 5.16. The summed E-state index contributed by atoms with van der Waals surface area (Å²) in [4.78, 5) is 19.6. The third-order valence-electron chi connectivity index (χ3n) is 4.07. The molecule has 0 spiro atoms. The van der Waals surface area contributed by atoms with Gasteiger partial charge in [-0.1, -0.05) is 13.8 Å². The van der Waals surface area contributed by atoms with E-state index in [2.05, 4.69) is 35.0 Å². The molecule has 5 nitrogen and oxygen atoms in total. The lowest BCUT2D eigenvalue weighted by atomic mass is 9.99. The first kappa shape index (κ1) is 14.1. The van der Waals surface area contributed by atoms with E-state index in [0.29, 0.717) is 5.92 Å². The number of H-pyrrole nitrogens is 1. The molecular weight excluding hydrogens is 308 g/mol. The van der Waals surface area contributed by atoms with Gasteiger partial charge < -0.3 is 4.98 Å². The van der Waals surface area contributed by atoms with E-state index in [-0.39, 0.29) is 0 Å². The number of nitrogens with one attached hydrogen (secondary N) is 1. The summed E-state index contributed by atoms with van der Waals surface area (Å²) in [5, 5.41) is 4.26. The van der Waals surface area contributed by atoms with Crippen molar-refractivity contribution in [3.8, 4) is 11.3 Å². The van der Waals surface area contributed by atoms with Crippen molar-refractivity contribution in [3.05, 3.63) is 40.7 Å². The second-order valence-electron chi connectivity index (χ2n) is 6.02. The van der Waals surface area contributed by atoms with Crippen LogP contribution in [-0.2, 0) is 0 Å². The summed E-state index contributed by atoms with van der Waals surface area (Å²) in [7, 11) is 0. The smallest absolute Gasteiger partial charge is 0.160 e. The van der Waals surface area contributed by atoms with Crippen LogP contribution in [0.1, 0.15) is 40.6 Å². The maximum absolute atomic E-state index is 11.0. The highest BCUT2D eigenvalue weighted by Crippen LogP contribution is 2.39. The van der Waals surface area contributed by atoms with Crippen molar-refractivity contribution in [1.82, 2.24) is 19.6 Å². The number of aromatic nitrogens is 4. The molecular formula is C17H16N4OS. The monoisotopic (exact) mass is 324 g/mol. The molecule has 23 heavy (non-hydrogen) atoms. The summed E-state index contributed by atoms with van der Waals surface area (Å²) in [5.74, 6) is 0.351. The maximum Gasteiger partial charge on any atom is 0.160 e. The summed E-state index contributed by atoms with van der Waals surface area (Å²) < 4.78 is 2.97. The molecule has 116 valence electrons. The number of rotatable bonds is 3. The van der Waals surface area contributed by atoms with Crippen LogP contribution in [0.15, 0.2) is 24.7 Å². The van der Waals surface area contributed by atoms with Crippen molar-refractivity contribution in [3.63, 3.8) is 0 Å². The van der Waals surface area contributed by atoms with Crippen LogP contribution in [0.4, 0.5) is 0 Å². The summed E-state index contributed by atoms with van der Waals surface area (Å²) in [6.07, 6.45) is 4.48. The lowest BCUT2D eigenvalue weighted by molar-refractivity contribution is 0.112. The first-order chi connectivity index (χ1) is 11.1. The molecule has 0 aliphatic rings. The van der Waals surface area contributed by atoms with Gasteiger partial charge in [0.25, 0.3) is 0 Å². The second kappa shape index (κ2) is 5.03. The van der Waals surface area contributed by atoms with Crippen molar-refractivity contribution >= 4 is 33.5 Å². The minimum Gasteiger partial charge on any atom is -0.354 e. The molecule has 4 aromatic rings. The van der Waals surface area contributed by atoms with E-state index < -0.39 is 0 Å². The minimum atomic E-state index is 0.351. The Morgan fingerprint density at radius 2 is 2.17 bits per heavy atom. The van der Waals surface area contributed by atoms with E-state index in [1.54, 1.807) is 22.2 Å². The van der Waals surface area contributed by atoms with E-state index in [1.165, 1.54) is 5.56 Å². The van der Waals surface area contributed by atoms with Gasteiger partial charge in [-0.05, 0) is 36.1 Å². The molecule has 0 radical (unpaired) electrons. The number of hydrogen-bond acceptors (Lipinski definition) is 4. The summed E-state index contributed by atoms with van der Waals surface area (Å²) in [5.41, 5.74) is 6.40. The molecule has 0 bridgehead atoms. The Kier molecular flexibility index (Phi) is 3.09. The van der Waals surface area contributed by atoms with Crippen LogP contribution in [0.2, 0.25) is 0 Å². The number of thiophene rings is 1. The van der Waals surface area contributed by atoms with Crippen LogP contribution >= 0.6 is 11.3 Å². The van der Waals surface area contributed by atoms with Gasteiger partial charge in [0.15, 0.2) is 11.9 Å². The van der Waals surface area contributed by atoms with E-state index >= 15 is 0 Å². The van der Waals surface area contributed by atoms with Gasteiger partial charge in [-0.15, -0.1) is 11.3 Å². The second-order valence-corrected chi connectivity index (χ2v) is 7.10. The number of hydrogen-bond donors (Lipinski definition) is 1. The molecule has 4 rings (SSSR count). The standard InChI is InChI=1S/C17H16N4OS/c1-9(2)14-15(20-13-5-12(7-22)23-16(13)14)11-4-10(3)17-18-8-19-21(17)6-11/h4-9,20H,1-3H3. The molecule has 0 aliphatic heterocycles. The van der Waals surface area contributed by atoms with Crippen LogP contribution < -0.4 is 0 Å². The Labute approximate surface area is 137 Å². The number of carbonyl (C=O) groups excluding carboxylic acids is 1. The van der Waals surface area contributed by atoms with Crippen molar-refractivity contribution in [1.29, 1.82) is 0 Å². The number of nitrogens with zero attached hydrogens (tertiary/aromatic N) is 3. The SMILES string of the molecule is Cc1cc(-c2[nH]c3cc(C=O)sc3c2C(C)C)cn2ncnc12. The van der Waals surface area contributed by atoms with Gasteiger partial charge >= 0.3 is 0 Å². The fourth-order valence-corrected chi connectivity index (χ4v) is 4.21. The van der Waals surface area contributed by atoms with Crippen LogP contribution in [-0.4, -0.2) is 25.9 Å². The average molecular weight is 324 g/mol. The number of aromatic amines is 1. The summed E-state index contributed by atoms with van der Waals surface area (Å²) in [6, 6.07) is 4.05. The quantitative estimate of drug-likeness (QED) is 0.575. The van der Waals surface area contributed by atoms with Crippen LogP contribution in [0.5, 0.6) is 0 Å². The first-order valence-electron chi connectivity index (χ1n) is 7.49. The Hall–Kier alpha value is -2.47. The zero-order valence-corrected chi connectivity index (χ0v) is 13.9.